The maximum absolute atomic E-state index is 12.7. The number of rotatable bonds is 5. The Morgan fingerprint density at radius 2 is 1.79 bits per heavy atom. The third-order valence-corrected chi connectivity index (χ3v) is 6.24. The molecule has 0 bridgehead atoms. The fraction of sp³-hybridized carbons (Fsp3) is 0.318. The molecule has 1 aromatic heterocycles. The molecule has 0 atom stereocenters. The van der Waals surface area contributed by atoms with Gasteiger partial charge in [-0.15, -0.1) is 11.3 Å². The molecule has 3 heterocycles. The van der Waals surface area contributed by atoms with Crippen molar-refractivity contribution in [1.82, 2.24) is 10.6 Å². The summed E-state index contributed by atoms with van der Waals surface area (Å²) in [7, 11) is 1.67. The molecular formula is C22H25N3O2S. The minimum atomic E-state index is -0.0818. The quantitative estimate of drug-likeness (QED) is 0.721. The fourth-order valence-electron chi connectivity index (χ4n) is 3.57. The van der Waals surface area contributed by atoms with Gasteiger partial charge in [0.25, 0.3) is 5.91 Å². The van der Waals surface area contributed by atoms with Crippen molar-refractivity contribution in [2.24, 2.45) is 0 Å². The predicted molar refractivity (Wildman–Crippen MR) is 116 cm³/mol. The molecule has 0 saturated carbocycles. The van der Waals surface area contributed by atoms with Gasteiger partial charge in [-0.05, 0) is 61.3 Å². The monoisotopic (exact) mass is 395 g/mol. The number of nitrogens with one attached hydrogen (secondary N) is 3. The van der Waals surface area contributed by atoms with E-state index in [1.807, 2.05) is 30.3 Å². The third kappa shape index (κ3) is 4.19. The average molecular weight is 396 g/mol. The summed E-state index contributed by atoms with van der Waals surface area (Å²) >= 11 is 1.55. The lowest BCUT2D eigenvalue weighted by Gasteiger charge is -2.17. The predicted octanol–water partition coefficient (Wildman–Crippen LogP) is 3.76. The van der Waals surface area contributed by atoms with Gasteiger partial charge in [0.2, 0.25) is 0 Å². The van der Waals surface area contributed by atoms with Crippen molar-refractivity contribution in [1.29, 1.82) is 0 Å². The molecular weight excluding hydrogens is 370 g/mol. The van der Waals surface area contributed by atoms with E-state index in [0.29, 0.717) is 0 Å². The minimum absolute atomic E-state index is 0.0818. The lowest BCUT2D eigenvalue weighted by atomic mass is 9.99. The normalized spacial score (nSPS) is 16.9. The summed E-state index contributed by atoms with van der Waals surface area (Å²) in [6.45, 7) is 3.74. The molecule has 28 heavy (non-hydrogen) atoms. The number of carbonyl (C=O) groups is 1. The van der Waals surface area contributed by atoms with E-state index in [2.05, 4.69) is 28.1 Å². The molecule has 146 valence electrons. The number of thiophene rings is 1. The van der Waals surface area contributed by atoms with Crippen LogP contribution in [0.15, 0.2) is 42.5 Å². The van der Waals surface area contributed by atoms with Crippen LogP contribution in [-0.2, 0) is 0 Å². The summed E-state index contributed by atoms with van der Waals surface area (Å²) < 4.78 is 5.59. The van der Waals surface area contributed by atoms with Gasteiger partial charge in [0.15, 0.2) is 0 Å². The van der Waals surface area contributed by atoms with Gasteiger partial charge in [-0.2, -0.15) is 0 Å². The number of methoxy groups -OCH3 is 1. The Labute approximate surface area is 169 Å². The lowest BCUT2D eigenvalue weighted by molar-refractivity contribution is 0.103. The SMILES string of the molecule is COc1cc(NC(=O)c2ccc(C3=CCNCC3)s2)ccc1C1=CCNCC1. The van der Waals surface area contributed by atoms with E-state index in [0.717, 1.165) is 60.9 Å². The maximum atomic E-state index is 12.7. The van der Waals surface area contributed by atoms with Gasteiger partial charge in [0, 0.05) is 35.3 Å². The second-order valence-corrected chi connectivity index (χ2v) is 7.98. The van der Waals surface area contributed by atoms with Crippen LogP contribution in [0.3, 0.4) is 0 Å². The van der Waals surface area contributed by atoms with Crippen LogP contribution in [0.2, 0.25) is 0 Å². The average Bonchev–Trinajstić information content (AvgIpc) is 3.25. The number of hydrogen-bond acceptors (Lipinski definition) is 5. The van der Waals surface area contributed by atoms with Gasteiger partial charge >= 0.3 is 0 Å². The second-order valence-electron chi connectivity index (χ2n) is 6.90. The van der Waals surface area contributed by atoms with Gasteiger partial charge in [-0.1, -0.05) is 12.2 Å². The van der Waals surface area contributed by atoms with Crippen LogP contribution >= 0.6 is 11.3 Å². The molecule has 2 aliphatic rings. The molecule has 1 amide bonds. The van der Waals surface area contributed by atoms with E-state index in [9.17, 15) is 4.79 Å². The standard InChI is InChI=1S/C22H25N3O2S/c1-27-19-14-17(2-3-18(19)15-6-10-23-11-7-15)25-22(26)21-5-4-20(28-21)16-8-12-24-13-9-16/h2-6,8,14,23-24H,7,9-13H2,1H3,(H,25,26). The lowest BCUT2D eigenvalue weighted by Crippen LogP contribution is -2.20. The molecule has 0 spiro atoms. The Morgan fingerprint density at radius 1 is 1.04 bits per heavy atom. The number of amides is 1. The molecule has 3 N–H and O–H groups in total. The van der Waals surface area contributed by atoms with E-state index in [1.54, 1.807) is 18.4 Å². The molecule has 0 aliphatic carbocycles. The number of carbonyl (C=O) groups excluding carboxylic acids is 1. The van der Waals surface area contributed by atoms with Crippen LogP contribution < -0.4 is 20.7 Å². The highest BCUT2D eigenvalue weighted by Gasteiger charge is 2.15. The zero-order chi connectivity index (χ0) is 19.3. The van der Waals surface area contributed by atoms with E-state index in [1.165, 1.54) is 16.0 Å². The number of benzene rings is 1. The molecule has 0 radical (unpaired) electrons. The van der Waals surface area contributed by atoms with Crippen molar-refractivity contribution in [2.75, 3.05) is 38.6 Å². The highest BCUT2D eigenvalue weighted by atomic mass is 32.1. The van der Waals surface area contributed by atoms with Crippen LogP contribution in [0.1, 0.15) is 33.0 Å². The maximum Gasteiger partial charge on any atom is 0.265 e. The minimum Gasteiger partial charge on any atom is -0.496 e. The van der Waals surface area contributed by atoms with Crippen molar-refractivity contribution in [2.45, 2.75) is 12.8 Å². The first-order valence-corrected chi connectivity index (χ1v) is 10.5. The highest BCUT2D eigenvalue weighted by molar-refractivity contribution is 7.15. The van der Waals surface area contributed by atoms with Crippen molar-refractivity contribution < 1.29 is 9.53 Å². The van der Waals surface area contributed by atoms with Gasteiger partial charge in [0.05, 0.1) is 12.0 Å². The number of hydrogen-bond donors (Lipinski definition) is 3. The molecule has 0 fully saturated rings. The third-order valence-electron chi connectivity index (χ3n) is 5.08. The van der Waals surface area contributed by atoms with Crippen molar-refractivity contribution in [3.63, 3.8) is 0 Å². The molecule has 4 rings (SSSR count). The zero-order valence-electron chi connectivity index (χ0n) is 16.0. The van der Waals surface area contributed by atoms with Crippen LogP contribution in [0.25, 0.3) is 11.1 Å². The summed E-state index contributed by atoms with van der Waals surface area (Å²) in [5, 5.41) is 9.65. The van der Waals surface area contributed by atoms with Crippen molar-refractivity contribution in [3.05, 3.63) is 57.8 Å². The molecule has 0 saturated heterocycles. The largest absolute Gasteiger partial charge is 0.496 e. The second kappa shape index (κ2) is 8.73. The number of ether oxygens (including phenoxy) is 1. The molecule has 6 heteroatoms. The topological polar surface area (TPSA) is 62.4 Å². The van der Waals surface area contributed by atoms with E-state index < -0.39 is 0 Å². The molecule has 5 nitrogen and oxygen atoms in total. The van der Waals surface area contributed by atoms with Gasteiger partial charge in [-0.25, -0.2) is 0 Å². The van der Waals surface area contributed by atoms with E-state index >= 15 is 0 Å². The molecule has 0 unspecified atom stereocenters. The Morgan fingerprint density at radius 3 is 2.46 bits per heavy atom. The summed E-state index contributed by atoms with van der Waals surface area (Å²) in [6, 6.07) is 9.83. The Hall–Kier alpha value is -2.41. The first-order valence-electron chi connectivity index (χ1n) is 9.64. The van der Waals surface area contributed by atoms with Gasteiger partial charge in [0.1, 0.15) is 5.75 Å². The molecule has 1 aromatic carbocycles. The fourth-order valence-corrected chi connectivity index (χ4v) is 4.54. The van der Waals surface area contributed by atoms with Crippen LogP contribution in [0.4, 0.5) is 5.69 Å². The van der Waals surface area contributed by atoms with Crippen LogP contribution in [-0.4, -0.2) is 39.2 Å². The number of anilines is 1. The van der Waals surface area contributed by atoms with Crippen LogP contribution in [0.5, 0.6) is 5.75 Å². The van der Waals surface area contributed by atoms with E-state index in [4.69, 9.17) is 4.74 Å². The zero-order valence-corrected chi connectivity index (χ0v) is 16.8. The first kappa shape index (κ1) is 18.9. The summed E-state index contributed by atoms with van der Waals surface area (Å²) in [6.07, 6.45) is 6.38. The first-order chi connectivity index (χ1) is 13.7. The summed E-state index contributed by atoms with van der Waals surface area (Å²) in [4.78, 5) is 14.6. The Kier molecular flexibility index (Phi) is 5.90. The van der Waals surface area contributed by atoms with Gasteiger partial charge < -0.3 is 20.7 Å². The van der Waals surface area contributed by atoms with Crippen molar-refractivity contribution >= 4 is 34.1 Å². The summed E-state index contributed by atoms with van der Waals surface area (Å²) in [5.41, 5.74) is 4.45. The highest BCUT2D eigenvalue weighted by Crippen LogP contribution is 2.32. The molecule has 2 aromatic rings. The van der Waals surface area contributed by atoms with Gasteiger partial charge in [-0.3, -0.25) is 4.79 Å². The Balaban J connectivity index is 1.49. The van der Waals surface area contributed by atoms with Crippen LogP contribution in [0, 0.1) is 0 Å². The smallest absolute Gasteiger partial charge is 0.265 e. The van der Waals surface area contributed by atoms with E-state index in [-0.39, 0.29) is 5.91 Å². The Bertz CT molecular complexity index is 930. The molecule has 2 aliphatic heterocycles. The van der Waals surface area contributed by atoms with Crippen molar-refractivity contribution in [3.8, 4) is 5.75 Å². The summed E-state index contributed by atoms with van der Waals surface area (Å²) in [5.74, 6) is 0.708.